The van der Waals surface area contributed by atoms with Gasteiger partial charge in [-0.2, -0.15) is 0 Å². The highest BCUT2D eigenvalue weighted by Gasteiger charge is 2.47. The standard InChI is InChI=1S/C19H38O6/c1-5-8-11-22-14-15-16(20)17(23-12-9-6-2)18(19(21-4)25-15)24-13-10-7-3/h15-20H,5-14H2,1-4H3/t15?,16-,17?,18?,19+/m1/s1. The molecular weight excluding hydrogens is 324 g/mol. The highest BCUT2D eigenvalue weighted by atomic mass is 16.7. The number of methoxy groups -OCH3 is 1. The molecule has 0 aromatic carbocycles. The van der Waals surface area contributed by atoms with Gasteiger partial charge in [0, 0.05) is 26.9 Å². The van der Waals surface area contributed by atoms with Gasteiger partial charge in [-0.25, -0.2) is 0 Å². The molecule has 0 saturated carbocycles. The lowest BCUT2D eigenvalue weighted by Gasteiger charge is -2.43. The van der Waals surface area contributed by atoms with Gasteiger partial charge < -0.3 is 28.8 Å². The van der Waals surface area contributed by atoms with Crippen LogP contribution in [0.5, 0.6) is 0 Å². The van der Waals surface area contributed by atoms with E-state index in [1.165, 1.54) is 0 Å². The van der Waals surface area contributed by atoms with Crippen LogP contribution in [-0.2, 0) is 23.7 Å². The third-order valence-electron chi connectivity index (χ3n) is 4.39. The second kappa shape index (κ2) is 13.9. The fourth-order valence-electron chi connectivity index (χ4n) is 2.76. The van der Waals surface area contributed by atoms with E-state index >= 15 is 0 Å². The highest BCUT2D eigenvalue weighted by molar-refractivity contribution is 4.91. The molecule has 3 unspecified atom stereocenters. The Morgan fingerprint density at radius 2 is 1.40 bits per heavy atom. The molecule has 1 fully saturated rings. The summed E-state index contributed by atoms with van der Waals surface area (Å²) >= 11 is 0. The van der Waals surface area contributed by atoms with E-state index in [0.29, 0.717) is 26.4 Å². The van der Waals surface area contributed by atoms with Crippen molar-refractivity contribution in [1.29, 1.82) is 0 Å². The SMILES string of the molecule is CCCCOCC1O[C@H](OC)C(OCCCC)C(OCCCC)[C@@H]1O. The molecule has 1 N–H and O–H groups in total. The van der Waals surface area contributed by atoms with Crippen LogP contribution in [0.2, 0.25) is 0 Å². The van der Waals surface area contributed by atoms with Gasteiger partial charge >= 0.3 is 0 Å². The quantitative estimate of drug-likeness (QED) is 0.479. The summed E-state index contributed by atoms with van der Waals surface area (Å²) in [5, 5.41) is 10.8. The Morgan fingerprint density at radius 3 is 1.96 bits per heavy atom. The first-order valence-corrected chi connectivity index (χ1v) is 9.86. The monoisotopic (exact) mass is 362 g/mol. The number of hydrogen-bond acceptors (Lipinski definition) is 6. The molecule has 5 atom stereocenters. The molecular formula is C19H38O6. The molecule has 6 heteroatoms. The second-order valence-electron chi connectivity index (χ2n) is 6.58. The smallest absolute Gasteiger partial charge is 0.186 e. The lowest BCUT2D eigenvalue weighted by atomic mass is 9.98. The summed E-state index contributed by atoms with van der Waals surface area (Å²) in [6.45, 7) is 8.53. The van der Waals surface area contributed by atoms with E-state index in [1.807, 2.05) is 0 Å². The van der Waals surface area contributed by atoms with Crippen molar-refractivity contribution in [3.63, 3.8) is 0 Å². The predicted molar refractivity (Wildman–Crippen MR) is 96.7 cm³/mol. The predicted octanol–water partition coefficient (Wildman–Crippen LogP) is 2.91. The van der Waals surface area contributed by atoms with Gasteiger partial charge in [0.25, 0.3) is 0 Å². The molecule has 0 radical (unpaired) electrons. The van der Waals surface area contributed by atoms with Crippen LogP contribution < -0.4 is 0 Å². The summed E-state index contributed by atoms with van der Waals surface area (Å²) < 4.78 is 29.0. The minimum Gasteiger partial charge on any atom is -0.387 e. The van der Waals surface area contributed by atoms with Crippen LogP contribution >= 0.6 is 0 Å². The minimum atomic E-state index is -0.795. The first-order chi connectivity index (χ1) is 12.2. The molecule has 0 aromatic heterocycles. The molecule has 0 bridgehead atoms. The van der Waals surface area contributed by atoms with Gasteiger partial charge in [0.15, 0.2) is 6.29 Å². The van der Waals surface area contributed by atoms with Crippen molar-refractivity contribution in [2.45, 2.75) is 90.0 Å². The molecule has 6 nitrogen and oxygen atoms in total. The topological polar surface area (TPSA) is 66.4 Å². The van der Waals surface area contributed by atoms with Crippen molar-refractivity contribution in [2.75, 3.05) is 33.5 Å². The van der Waals surface area contributed by atoms with Gasteiger partial charge in [-0.1, -0.05) is 40.0 Å². The van der Waals surface area contributed by atoms with E-state index in [1.54, 1.807) is 7.11 Å². The van der Waals surface area contributed by atoms with Crippen LogP contribution in [0.4, 0.5) is 0 Å². The van der Waals surface area contributed by atoms with Gasteiger partial charge in [0.05, 0.1) is 6.61 Å². The molecule has 1 aliphatic rings. The highest BCUT2D eigenvalue weighted by Crippen LogP contribution is 2.27. The number of rotatable bonds is 14. The number of aliphatic hydroxyl groups is 1. The Bertz CT molecular complexity index is 314. The van der Waals surface area contributed by atoms with E-state index in [4.69, 9.17) is 23.7 Å². The number of aliphatic hydroxyl groups excluding tert-OH is 1. The van der Waals surface area contributed by atoms with Gasteiger partial charge in [0.1, 0.15) is 24.4 Å². The molecule has 0 amide bonds. The molecule has 1 saturated heterocycles. The van der Waals surface area contributed by atoms with Gasteiger partial charge in [-0.15, -0.1) is 0 Å². The third kappa shape index (κ3) is 7.89. The van der Waals surface area contributed by atoms with Crippen LogP contribution in [0.25, 0.3) is 0 Å². The Kier molecular flexibility index (Phi) is 12.7. The maximum absolute atomic E-state index is 10.8. The summed E-state index contributed by atoms with van der Waals surface area (Å²) in [5.41, 5.74) is 0. The van der Waals surface area contributed by atoms with Gasteiger partial charge in [-0.05, 0) is 19.3 Å². The second-order valence-corrected chi connectivity index (χ2v) is 6.58. The first-order valence-electron chi connectivity index (χ1n) is 9.86. The molecule has 25 heavy (non-hydrogen) atoms. The summed E-state index contributed by atoms with van der Waals surface area (Å²) in [5.74, 6) is 0. The van der Waals surface area contributed by atoms with Gasteiger partial charge in [-0.3, -0.25) is 0 Å². The third-order valence-corrected chi connectivity index (χ3v) is 4.39. The van der Waals surface area contributed by atoms with Crippen LogP contribution in [-0.4, -0.2) is 69.3 Å². The summed E-state index contributed by atoms with van der Waals surface area (Å²) in [4.78, 5) is 0. The van der Waals surface area contributed by atoms with Crippen molar-refractivity contribution in [3.05, 3.63) is 0 Å². The molecule has 1 aliphatic heterocycles. The Labute approximate surface area is 153 Å². The van der Waals surface area contributed by atoms with Crippen molar-refractivity contribution in [3.8, 4) is 0 Å². The molecule has 1 rings (SSSR count). The molecule has 0 spiro atoms. The number of hydrogen-bond donors (Lipinski definition) is 1. The fourth-order valence-corrected chi connectivity index (χ4v) is 2.76. The van der Waals surface area contributed by atoms with E-state index in [9.17, 15) is 5.11 Å². The van der Waals surface area contributed by atoms with E-state index in [0.717, 1.165) is 38.5 Å². The van der Waals surface area contributed by atoms with E-state index < -0.39 is 30.7 Å². The summed E-state index contributed by atoms with van der Waals surface area (Å²) in [7, 11) is 1.59. The van der Waals surface area contributed by atoms with E-state index in [2.05, 4.69) is 20.8 Å². The number of ether oxygens (including phenoxy) is 5. The largest absolute Gasteiger partial charge is 0.387 e. The van der Waals surface area contributed by atoms with Gasteiger partial charge in [0.2, 0.25) is 0 Å². The average Bonchev–Trinajstić information content (AvgIpc) is 2.62. The lowest BCUT2D eigenvalue weighted by molar-refractivity contribution is -0.312. The summed E-state index contributed by atoms with van der Waals surface area (Å²) in [6.07, 6.45) is 3.32. The van der Waals surface area contributed by atoms with Crippen molar-refractivity contribution in [1.82, 2.24) is 0 Å². The molecule has 0 aliphatic carbocycles. The molecule has 0 aromatic rings. The van der Waals surface area contributed by atoms with Crippen molar-refractivity contribution in [2.24, 2.45) is 0 Å². The van der Waals surface area contributed by atoms with Crippen LogP contribution in [0, 0.1) is 0 Å². The lowest BCUT2D eigenvalue weighted by Crippen LogP contribution is -2.61. The van der Waals surface area contributed by atoms with Crippen molar-refractivity contribution < 1.29 is 28.8 Å². The Morgan fingerprint density at radius 1 is 0.840 bits per heavy atom. The van der Waals surface area contributed by atoms with Crippen molar-refractivity contribution >= 4 is 0 Å². The van der Waals surface area contributed by atoms with Crippen LogP contribution in [0.1, 0.15) is 59.3 Å². The number of unbranched alkanes of at least 4 members (excludes halogenated alkanes) is 3. The Hall–Kier alpha value is -0.240. The van der Waals surface area contributed by atoms with Crippen LogP contribution in [0.3, 0.4) is 0 Å². The zero-order valence-corrected chi connectivity index (χ0v) is 16.4. The first kappa shape index (κ1) is 22.8. The zero-order valence-electron chi connectivity index (χ0n) is 16.4. The maximum Gasteiger partial charge on any atom is 0.186 e. The molecule has 1 heterocycles. The Balaban J connectivity index is 2.70. The summed E-state index contributed by atoms with van der Waals surface area (Å²) in [6, 6.07) is 0. The minimum absolute atomic E-state index is 0.330. The molecule has 150 valence electrons. The average molecular weight is 363 g/mol. The van der Waals surface area contributed by atoms with Crippen LogP contribution in [0.15, 0.2) is 0 Å². The fraction of sp³-hybridized carbons (Fsp3) is 1.00. The van der Waals surface area contributed by atoms with E-state index in [-0.39, 0.29) is 0 Å². The zero-order chi connectivity index (χ0) is 18.5. The maximum atomic E-state index is 10.8. The normalized spacial score (nSPS) is 29.9.